The van der Waals surface area contributed by atoms with Crippen LogP contribution in [0, 0.1) is 5.92 Å². The molecule has 2 rings (SSSR count). The van der Waals surface area contributed by atoms with E-state index in [1.54, 1.807) is 12.1 Å². The summed E-state index contributed by atoms with van der Waals surface area (Å²) >= 11 is 6.55. The highest BCUT2D eigenvalue weighted by Gasteiger charge is 2.25. The summed E-state index contributed by atoms with van der Waals surface area (Å²) in [5.74, 6) is -0.263. The van der Waals surface area contributed by atoms with E-state index in [1.807, 2.05) is 43.5 Å². The minimum absolute atomic E-state index is 0.0872. The summed E-state index contributed by atoms with van der Waals surface area (Å²) in [6.07, 6.45) is 0. The first-order chi connectivity index (χ1) is 13.3. The highest BCUT2D eigenvalue weighted by atomic mass is 32.1. The molecule has 1 atom stereocenters. The molecule has 0 bridgehead atoms. The predicted molar refractivity (Wildman–Crippen MR) is 118 cm³/mol. The van der Waals surface area contributed by atoms with Crippen molar-refractivity contribution >= 4 is 46.2 Å². The van der Waals surface area contributed by atoms with Gasteiger partial charge in [-0.05, 0) is 53.2 Å². The summed E-state index contributed by atoms with van der Waals surface area (Å²) < 4.78 is 0. The normalized spacial score (nSPS) is 11.8. The van der Waals surface area contributed by atoms with Crippen LogP contribution in [-0.4, -0.2) is 23.0 Å². The minimum Gasteiger partial charge on any atom is -0.339 e. The Morgan fingerprint density at radius 3 is 2.21 bits per heavy atom. The van der Waals surface area contributed by atoms with Crippen molar-refractivity contribution in [2.75, 3.05) is 5.32 Å². The molecule has 0 unspecified atom stereocenters. The Balaban J connectivity index is 1.87. The van der Waals surface area contributed by atoms with Crippen molar-refractivity contribution < 1.29 is 9.59 Å². The average Bonchev–Trinajstić information content (AvgIpc) is 3.19. The lowest BCUT2D eigenvalue weighted by Gasteiger charge is -2.22. The van der Waals surface area contributed by atoms with Crippen LogP contribution in [0.3, 0.4) is 0 Å². The summed E-state index contributed by atoms with van der Waals surface area (Å²) in [6, 6.07) is 10.8. The number of hydrazine groups is 1. The summed E-state index contributed by atoms with van der Waals surface area (Å²) in [5.41, 5.74) is 7.30. The number of hydrogen-bond acceptors (Lipinski definition) is 4. The van der Waals surface area contributed by atoms with E-state index in [-0.39, 0.29) is 22.8 Å². The van der Waals surface area contributed by atoms with Crippen LogP contribution < -0.4 is 21.5 Å². The lowest BCUT2D eigenvalue weighted by Crippen LogP contribution is -2.54. The second-order valence-electron chi connectivity index (χ2n) is 7.02. The van der Waals surface area contributed by atoms with Crippen LogP contribution in [0.25, 0.3) is 0 Å². The van der Waals surface area contributed by atoms with E-state index in [0.717, 1.165) is 5.69 Å². The summed E-state index contributed by atoms with van der Waals surface area (Å²) in [7, 11) is 0. The Hall–Kier alpha value is -2.45. The van der Waals surface area contributed by atoms with Gasteiger partial charge in [-0.3, -0.25) is 20.4 Å². The largest absolute Gasteiger partial charge is 0.339 e. The number of thiocarbonyl (C=S) groups is 1. The molecular formula is C20H26N4O2S2. The third-order valence-electron chi connectivity index (χ3n) is 4.12. The molecule has 0 aliphatic heterocycles. The lowest BCUT2D eigenvalue weighted by molar-refractivity contribution is -0.124. The van der Waals surface area contributed by atoms with Gasteiger partial charge in [0.15, 0.2) is 5.11 Å². The van der Waals surface area contributed by atoms with E-state index < -0.39 is 6.04 Å². The molecule has 2 aromatic rings. The van der Waals surface area contributed by atoms with Gasteiger partial charge in [0, 0.05) is 5.69 Å². The standard InChI is InChI=1S/C20H26N4O2S2/c1-12(2)14-7-9-15(10-8-14)21-20(27)24-23-19(26)17(13(3)4)22-18(25)16-6-5-11-28-16/h5-13,17H,1-4H3,(H,22,25)(H,23,26)(H2,21,24,27)/t17-/m0/s1. The topological polar surface area (TPSA) is 82.3 Å². The quantitative estimate of drug-likeness (QED) is 0.425. The number of benzene rings is 1. The smallest absolute Gasteiger partial charge is 0.262 e. The molecule has 0 spiro atoms. The Labute approximate surface area is 175 Å². The molecule has 0 aliphatic carbocycles. The van der Waals surface area contributed by atoms with E-state index in [9.17, 15) is 9.59 Å². The number of hydrogen-bond donors (Lipinski definition) is 4. The van der Waals surface area contributed by atoms with Crippen molar-refractivity contribution in [3.05, 3.63) is 52.2 Å². The fourth-order valence-corrected chi connectivity index (χ4v) is 3.26. The number of rotatable bonds is 6. The zero-order valence-corrected chi connectivity index (χ0v) is 18.0. The number of carbonyl (C=O) groups excluding carboxylic acids is 2. The van der Waals surface area contributed by atoms with Gasteiger partial charge in [-0.2, -0.15) is 0 Å². The molecule has 1 aromatic heterocycles. The van der Waals surface area contributed by atoms with E-state index in [4.69, 9.17) is 12.2 Å². The lowest BCUT2D eigenvalue weighted by atomic mass is 10.0. The van der Waals surface area contributed by atoms with Crippen LogP contribution in [0.5, 0.6) is 0 Å². The van der Waals surface area contributed by atoms with Gasteiger partial charge < -0.3 is 10.6 Å². The third-order valence-corrected chi connectivity index (χ3v) is 5.19. The molecule has 0 aliphatic rings. The van der Waals surface area contributed by atoms with Gasteiger partial charge in [-0.15, -0.1) is 11.3 Å². The predicted octanol–water partition coefficient (Wildman–Crippen LogP) is 3.64. The van der Waals surface area contributed by atoms with Crippen molar-refractivity contribution in [1.29, 1.82) is 0 Å². The second kappa shape index (κ2) is 10.2. The maximum Gasteiger partial charge on any atom is 0.262 e. The van der Waals surface area contributed by atoms with Crippen molar-refractivity contribution in [1.82, 2.24) is 16.2 Å². The number of carbonyl (C=O) groups is 2. The van der Waals surface area contributed by atoms with Crippen LogP contribution in [-0.2, 0) is 4.79 Å². The van der Waals surface area contributed by atoms with Crippen LogP contribution in [0.15, 0.2) is 41.8 Å². The van der Waals surface area contributed by atoms with Crippen molar-refractivity contribution in [3.8, 4) is 0 Å². The molecular weight excluding hydrogens is 392 g/mol. The number of nitrogens with one attached hydrogen (secondary N) is 4. The molecule has 0 fully saturated rings. The molecule has 6 nitrogen and oxygen atoms in total. The van der Waals surface area contributed by atoms with Gasteiger partial charge >= 0.3 is 0 Å². The minimum atomic E-state index is -0.685. The Morgan fingerprint density at radius 2 is 1.68 bits per heavy atom. The van der Waals surface area contributed by atoms with Crippen molar-refractivity contribution in [3.63, 3.8) is 0 Å². The molecule has 0 radical (unpaired) electrons. The second-order valence-corrected chi connectivity index (χ2v) is 8.37. The van der Waals surface area contributed by atoms with Gasteiger partial charge in [0.05, 0.1) is 4.88 Å². The monoisotopic (exact) mass is 418 g/mol. The SMILES string of the molecule is CC(C)c1ccc(NC(=S)NNC(=O)[C@@H](NC(=O)c2cccs2)C(C)C)cc1. The van der Waals surface area contributed by atoms with E-state index in [1.165, 1.54) is 16.9 Å². The summed E-state index contributed by atoms with van der Waals surface area (Å²) in [6.45, 7) is 8.00. The van der Waals surface area contributed by atoms with Crippen molar-refractivity contribution in [2.45, 2.75) is 39.7 Å². The first-order valence-corrected chi connectivity index (χ1v) is 10.4. The highest BCUT2D eigenvalue weighted by Crippen LogP contribution is 2.17. The van der Waals surface area contributed by atoms with Gasteiger partial charge in [-0.25, -0.2) is 0 Å². The van der Waals surface area contributed by atoms with Gasteiger partial charge in [0.1, 0.15) is 6.04 Å². The molecule has 2 amide bonds. The van der Waals surface area contributed by atoms with Crippen LogP contribution >= 0.6 is 23.6 Å². The molecule has 0 saturated carbocycles. The molecule has 28 heavy (non-hydrogen) atoms. The fraction of sp³-hybridized carbons (Fsp3) is 0.350. The maximum atomic E-state index is 12.5. The molecule has 150 valence electrons. The molecule has 4 N–H and O–H groups in total. The fourth-order valence-electron chi connectivity index (χ4n) is 2.46. The Kier molecular flexibility index (Phi) is 7.95. The highest BCUT2D eigenvalue weighted by molar-refractivity contribution is 7.80. The first kappa shape index (κ1) is 21.8. The molecule has 8 heteroatoms. The first-order valence-electron chi connectivity index (χ1n) is 9.09. The zero-order chi connectivity index (χ0) is 20.7. The molecule has 1 aromatic carbocycles. The summed E-state index contributed by atoms with van der Waals surface area (Å²) in [4.78, 5) is 25.3. The average molecular weight is 419 g/mol. The maximum absolute atomic E-state index is 12.5. The number of anilines is 1. The van der Waals surface area contributed by atoms with E-state index in [0.29, 0.717) is 10.8 Å². The van der Waals surface area contributed by atoms with Crippen LogP contribution in [0.1, 0.15) is 48.8 Å². The van der Waals surface area contributed by atoms with Crippen molar-refractivity contribution in [2.24, 2.45) is 5.92 Å². The van der Waals surface area contributed by atoms with Crippen LogP contribution in [0.4, 0.5) is 5.69 Å². The van der Waals surface area contributed by atoms with E-state index in [2.05, 4.69) is 35.3 Å². The van der Waals surface area contributed by atoms with E-state index >= 15 is 0 Å². The van der Waals surface area contributed by atoms with Gasteiger partial charge in [0.2, 0.25) is 0 Å². The Bertz CT molecular complexity index is 802. The van der Waals surface area contributed by atoms with Crippen LogP contribution in [0.2, 0.25) is 0 Å². The number of thiophene rings is 1. The number of amides is 2. The molecule has 1 heterocycles. The van der Waals surface area contributed by atoms with Gasteiger partial charge in [0.25, 0.3) is 11.8 Å². The Morgan fingerprint density at radius 1 is 1.00 bits per heavy atom. The van der Waals surface area contributed by atoms with Gasteiger partial charge in [-0.1, -0.05) is 45.9 Å². The third kappa shape index (κ3) is 6.31. The summed E-state index contributed by atoms with van der Waals surface area (Å²) in [5, 5.41) is 7.86. The molecule has 0 saturated heterocycles. The zero-order valence-electron chi connectivity index (χ0n) is 16.4.